The summed E-state index contributed by atoms with van der Waals surface area (Å²) >= 11 is 0. The fourth-order valence-electron chi connectivity index (χ4n) is 2.31. The number of ether oxygens (including phenoxy) is 1. The van der Waals surface area contributed by atoms with Crippen LogP contribution in [0.2, 0.25) is 0 Å². The average Bonchev–Trinajstić information content (AvgIpc) is 1.91. The van der Waals surface area contributed by atoms with Gasteiger partial charge in [0.1, 0.15) is 0 Å². The summed E-state index contributed by atoms with van der Waals surface area (Å²) in [5, 5.41) is 0. The standard InChI is InChI=1S/C9H14F2O/c1-7-2-3-8(6-12-7)4-9(10,11)5-8/h7H,2-6H2,1H3/t7-/m0/s1. The summed E-state index contributed by atoms with van der Waals surface area (Å²) in [6, 6.07) is 0. The molecule has 0 N–H and O–H groups in total. The molecule has 0 aromatic rings. The summed E-state index contributed by atoms with van der Waals surface area (Å²) in [4.78, 5) is 0. The molecule has 1 aliphatic heterocycles. The van der Waals surface area contributed by atoms with Crippen molar-refractivity contribution in [3.05, 3.63) is 0 Å². The molecular weight excluding hydrogens is 162 g/mol. The minimum absolute atomic E-state index is 0.0483. The molecule has 1 saturated carbocycles. The molecule has 12 heavy (non-hydrogen) atoms. The molecule has 0 aromatic heterocycles. The predicted octanol–water partition coefficient (Wildman–Crippen LogP) is 2.60. The highest BCUT2D eigenvalue weighted by molar-refractivity contribution is 5.00. The van der Waals surface area contributed by atoms with Gasteiger partial charge in [0, 0.05) is 18.3 Å². The van der Waals surface area contributed by atoms with Crippen molar-refractivity contribution in [3.63, 3.8) is 0 Å². The van der Waals surface area contributed by atoms with Crippen molar-refractivity contribution in [2.45, 2.75) is 44.6 Å². The summed E-state index contributed by atoms with van der Waals surface area (Å²) in [5.74, 6) is -2.40. The lowest BCUT2D eigenvalue weighted by Gasteiger charge is -2.50. The molecule has 1 atom stereocenters. The lowest BCUT2D eigenvalue weighted by atomic mass is 9.63. The van der Waals surface area contributed by atoms with E-state index in [-0.39, 0.29) is 24.4 Å². The first-order valence-electron chi connectivity index (χ1n) is 4.51. The largest absolute Gasteiger partial charge is 0.378 e. The molecule has 1 nitrogen and oxygen atoms in total. The third-order valence-corrected chi connectivity index (χ3v) is 3.02. The number of hydrogen-bond acceptors (Lipinski definition) is 1. The smallest absolute Gasteiger partial charge is 0.249 e. The topological polar surface area (TPSA) is 9.23 Å². The van der Waals surface area contributed by atoms with Gasteiger partial charge >= 0.3 is 0 Å². The van der Waals surface area contributed by atoms with E-state index in [1.807, 2.05) is 6.92 Å². The third-order valence-electron chi connectivity index (χ3n) is 3.02. The Hall–Kier alpha value is -0.180. The molecule has 2 aliphatic rings. The lowest BCUT2D eigenvalue weighted by Crippen LogP contribution is -2.51. The average molecular weight is 176 g/mol. The second kappa shape index (κ2) is 2.41. The highest BCUT2D eigenvalue weighted by Gasteiger charge is 2.57. The van der Waals surface area contributed by atoms with E-state index in [2.05, 4.69) is 0 Å². The summed E-state index contributed by atoms with van der Waals surface area (Å²) in [7, 11) is 0. The van der Waals surface area contributed by atoms with E-state index in [0.29, 0.717) is 6.61 Å². The maximum absolute atomic E-state index is 12.6. The van der Waals surface area contributed by atoms with E-state index in [1.54, 1.807) is 0 Å². The van der Waals surface area contributed by atoms with Gasteiger partial charge < -0.3 is 4.74 Å². The molecule has 1 spiro atoms. The molecule has 0 radical (unpaired) electrons. The van der Waals surface area contributed by atoms with Crippen molar-refractivity contribution >= 4 is 0 Å². The molecule has 1 heterocycles. The first-order valence-corrected chi connectivity index (χ1v) is 4.51. The van der Waals surface area contributed by atoms with Gasteiger partial charge in [0.15, 0.2) is 0 Å². The zero-order chi connectivity index (χ0) is 8.82. The Labute approximate surface area is 71.1 Å². The van der Waals surface area contributed by atoms with Crippen LogP contribution in [0, 0.1) is 5.41 Å². The minimum atomic E-state index is -2.40. The number of alkyl halides is 2. The van der Waals surface area contributed by atoms with Crippen LogP contribution in [0.3, 0.4) is 0 Å². The van der Waals surface area contributed by atoms with E-state index in [0.717, 1.165) is 12.8 Å². The van der Waals surface area contributed by atoms with E-state index in [1.165, 1.54) is 0 Å². The maximum Gasteiger partial charge on any atom is 0.249 e. The summed E-state index contributed by atoms with van der Waals surface area (Å²) in [5.41, 5.74) is -0.157. The molecule has 1 aliphatic carbocycles. The van der Waals surface area contributed by atoms with Crippen molar-refractivity contribution in [3.8, 4) is 0 Å². The second-order valence-electron chi connectivity index (χ2n) is 4.37. The van der Waals surface area contributed by atoms with Crippen LogP contribution in [0.1, 0.15) is 32.6 Å². The Bertz CT molecular complexity index is 173. The molecule has 1 saturated heterocycles. The molecule has 0 aromatic carbocycles. The highest BCUT2D eigenvalue weighted by Crippen LogP contribution is 2.56. The number of hydrogen-bond donors (Lipinski definition) is 0. The molecule has 0 amide bonds. The fraction of sp³-hybridized carbons (Fsp3) is 1.00. The molecular formula is C9H14F2O. The minimum Gasteiger partial charge on any atom is -0.378 e. The van der Waals surface area contributed by atoms with Crippen LogP contribution < -0.4 is 0 Å². The van der Waals surface area contributed by atoms with Gasteiger partial charge in [-0.05, 0) is 19.8 Å². The van der Waals surface area contributed by atoms with Crippen molar-refractivity contribution in [1.82, 2.24) is 0 Å². The zero-order valence-corrected chi connectivity index (χ0v) is 7.28. The van der Waals surface area contributed by atoms with Gasteiger partial charge in [0.25, 0.3) is 0 Å². The van der Waals surface area contributed by atoms with E-state index in [4.69, 9.17) is 4.74 Å². The maximum atomic E-state index is 12.6. The first kappa shape index (κ1) is 8.42. The monoisotopic (exact) mass is 176 g/mol. The van der Waals surface area contributed by atoms with Gasteiger partial charge in [-0.3, -0.25) is 0 Å². The van der Waals surface area contributed by atoms with Crippen molar-refractivity contribution < 1.29 is 13.5 Å². The van der Waals surface area contributed by atoms with Crippen LogP contribution in [-0.2, 0) is 4.74 Å². The van der Waals surface area contributed by atoms with E-state index >= 15 is 0 Å². The molecule has 0 unspecified atom stereocenters. The summed E-state index contributed by atoms with van der Waals surface area (Å²) in [6.45, 7) is 2.55. The van der Waals surface area contributed by atoms with Crippen LogP contribution in [0.5, 0.6) is 0 Å². The Morgan fingerprint density at radius 3 is 2.42 bits per heavy atom. The van der Waals surface area contributed by atoms with Gasteiger partial charge in [-0.2, -0.15) is 0 Å². The predicted molar refractivity (Wildman–Crippen MR) is 41.3 cm³/mol. The van der Waals surface area contributed by atoms with Gasteiger partial charge in [0.05, 0.1) is 12.7 Å². The molecule has 3 heteroatoms. The molecule has 70 valence electrons. The van der Waals surface area contributed by atoms with Crippen LogP contribution >= 0.6 is 0 Å². The zero-order valence-electron chi connectivity index (χ0n) is 7.28. The Morgan fingerprint density at radius 2 is 2.00 bits per heavy atom. The SMILES string of the molecule is C[C@H]1CCC2(CO1)CC(F)(F)C2. The third kappa shape index (κ3) is 1.35. The van der Waals surface area contributed by atoms with Gasteiger partial charge in [-0.1, -0.05) is 0 Å². The normalized spacial score (nSPS) is 37.8. The van der Waals surface area contributed by atoms with Gasteiger partial charge in [-0.25, -0.2) is 8.78 Å². The lowest BCUT2D eigenvalue weighted by molar-refractivity contribution is -0.209. The summed E-state index contributed by atoms with van der Waals surface area (Å²) in [6.07, 6.45) is 2.23. The summed E-state index contributed by atoms with van der Waals surface area (Å²) < 4.78 is 30.6. The fourth-order valence-corrected chi connectivity index (χ4v) is 2.31. The molecule has 2 rings (SSSR count). The van der Waals surface area contributed by atoms with E-state index < -0.39 is 5.92 Å². The van der Waals surface area contributed by atoms with Crippen molar-refractivity contribution in [2.75, 3.05) is 6.61 Å². The Morgan fingerprint density at radius 1 is 1.33 bits per heavy atom. The van der Waals surface area contributed by atoms with Crippen molar-refractivity contribution in [2.24, 2.45) is 5.41 Å². The Balaban J connectivity index is 1.91. The van der Waals surface area contributed by atoms with Crippen LogP contribution in [0.4, 0.5) is 8.78 Å². The molecule has 0 bridgehead atoms. The second-order valence-corrected chi connectivity index (χ2v) is 4.37. The number of rotatable bonds is 0. The highest BCUT2D eigenvalue weighted by atomic mass is 19.3. The van der Waals surface area contributed by atoms with Gasteiger partial charge in [-0.15, -0.1) is 0 Å². The molecule has 2 fully saturated rings. The van der Waals surface area contributed by atoms with Crippen LogP contribution in [0.25, 0.3) is 0 Å². The van der Waals surface area contributed by atoms with Crippen LogP contribution in [-0.4, -0.2) is 18.6 Å². The van der Waals surface area contributed by atoms with Gasteiger partial charge in [0.2, 0.25) is 5.92 Å². The van der Waals surface area contributed by atoms with Crippen LogP contribution in [0.15, 0.2) is 0 Å². The van der Waals surface area contributed by atoms with Crippen molar-refractivity contribution in [1.29, 1.82) is 0 Å². The quantitative estimate of drug-likeness (QED) is 0.551. The number of halogens is 2. The van der Waals surface area contributed by atoms with E-state index in [9.17, 15) is 8.78 Å². The first-order chi connectivity index (χ1) is 5.52. The Kier molecular flexibility index (Phi) is 1.69.